The first kappa shape index (κ1) is 18.4. The Labute approximate surface area is 151 Å². The maximum absolute atomic E-state index is 12.4. The van der Waals surface area contributed by atoms with Crippen molar-refractivity contribution < 1.29 is 22.7 Å². The second-order valence-electron chi connectivity index (χ2n) is 5.35. The summed E-state index contributed by atoms with van der Waals surface area (Å²) in [5.74, 6) is -0.0874. The summed E-state index contributed by atoms with van der Waals surface area (Å²) in [5, 5.41) is 5.13. The highest BCUT2D eigenvalue weighted by Crippen LogP contribution is 2.27. The maximum Gasteiger partial charge on any atom is 0.573 e. The molecule has 0 radical (unpaired) electrons. The lowest BCUT2D eigenvalue weighted by Crippen LogP contribution is -2.28. The molecule has 3 rings (SSSR count). The standard InChI is InChI=1S/C17H14F3N5O2/c1-2-21-16(26)25-14-7-6-12-15(24-14)23-13(9-22-12)10-4-3-5-11(8-10)27-17(18,19)20/h3-9H,2H2,1H3,(H2,21,23,24,25,26). The van der Waals surface area contributed by atoms with Gasteiger partial charge in [0.05, 0.1) is 11.9 Å². The third kappa shape index (κ3) is 4.81. The molecular formula is C17H14F3N5O2. The number of nitrogens with zero attached hydrogens (tertiary/aromatic N) is 3. The van der Waals surface area contributed by atoms with Gasteiger partial charge in [0.15, 0.2) is 5.65 Å². The van der Waals surface area contributed by atoms with Gasteiger partial charge in [-0.15, -0.1) is 13.2 Å². The molecule has 27 heavy (non-hydrogen) atoms. The maximum atomic E-state index is 12.4. The Kier molecular flexibility index (Phi) is 5.06. The minimum Gasteiger partial charge on any atom is -0.406 e. The molecule has 0 unspecified atom stereocenters. The molecule has 0 fully saturated rings. The zero-order valence-electron chi connectivity index (χ0n) is 14.0. The van der Waals surface area contributed by atoms with E-state index in [2.05, 4.69) is 30.3 Å². The number of urea groups is 1. The molecule has 0 saturated carbocycles. The van der Waals surface area contributed by atoms with Gasteiger partial charge in [-0.3, -0.25) is 10.3 Å². The number of halogens is 3. The lowest BCUT2D eigenvalue weighted by atomic mass is 10.1. The number of hydrogen-bond donors (Lipinski definition) is 2. The number of pyridine rings is 1. The van der Waals surface area contributed by atoms with Crippen molar-refractivity contribution >= 4 is 23.0 Å². The average molecular weight is 377 g/mol. The zero-order chi connectivity index (χ0) is 19.4. The van der Waals surface area contributed by atoms with Gasteiger partial charge in [0.2, 0.25) is 0 Å². The summed E-state index contributed by atoms with van der Waals surface area (Å²) in [5.41, 5.74) is 1.42. The van der Waals surface area contributed by atoms with Gasteiger partial charge >= 0.3 is 12.4 Å². The van der Waals surface area contributed by atoms with Gasteiger partial charge in [-0.2, -0.15) is 0 Å². The van der Waals surface area contributed by atoms with E-state index >= 15 is 0 Å². The summed E-state index contributed by atoms with van der Waals surface area (Å²) < 4.78 is 41.1. The minimum absolute atomic E-state index is 0.240. The van der Waals surface area contributed by atoms with Gasteiger partial charge in [0.25, 0.3) is 0 Å². The Bertz CT molecular complexity index is 978. The lowest BCUT2D eigenvalue weighted by Gasteiger charge is -2.10. The van der Waals surface area contributed by atoms with Crippen molar-refractivity contribution in [2.45, 2.75) is 13.3 Å². The number of hydrogen-bond acceptors (Lipinski definition) is 5. The summed E-state index contributed by atoms with van der Waals surface area (Å²) >= 11 is 0. The summed E-state index contributed by atoms with van der Waals surface area (Å²) in [4.78, 5) is 24.3. The van der Waals surface area contributed by atoms with Gasteiger partial charge in [-0.05, 0) is 31.2 Å². The number of fused-ring (bicyclic) bond motifs is 1. The number of ether oxygens (including phenoxy) is 1. The molecule has 140 valence electrons. The molecule has 2 N–H and O–H groups in total. The fourth-order valence-electron chi connectivity index (χ4n) is 2.28. The van der Waals surface area contributed by atoms with Gasteiger partial charge in [-0.1, -0.05) is 12.1 Å². The van der Waals surface area contributed by atoms with Crippen LogP contribution in [0.5, 0.6) is 5.75 Å². The van der Waals surface area contributed by atoms with Crippen LogP contribution in [0.4, 0.5) is 23.8 Å². The number of carbonyl (C=O) groups is 1. The fraction of sp³-hybridized carbons (Fsp3) is 0.176. The predicted octanol–water partition coefficient (Wildman–Crippen LogP) is 3.73. The van der Waals surface area contributed by atoms with Crippen molar-refractivity contribution in [1.29, 1.82) is 0 Å². The van der Waals surface area contributed by atoms with Gasteiger partial charge in [-0.25, -0.2) is 14.8 Å². The van der Waals surface area contributed by atoms with E-state index in [1.807, 2.05) is 0 Å². The van der Waals surface area contributed by atoms with Gasteiger partial charge in [0.1, 0.15) is 17.1 Å². The SMILES string of the molecule is CCNC(=O)Nc1ccc2ncc(-c3cccc(OC(F)(F)F)c3)nc2n1. The van der Waals surface area contributed by atoms with Crippen LogP contribution in [-0.4, -0.2) is 33.9 Å². The summed E-state index contributed by atoms with van der Waals surface area (Å²) in [6.07, 6.45) is -3.36. The number of benzene rings is 1. The minimum atomic E-state index is -4.78. The molecule has 2 heterocycles. The first-order valence-electron chi connectivity index (χ1n) is 7.89. The van der Waals surface area contributed by atoms with Crippen LogP contribution < -0.4 is 15.4 Å². The largest absolute Gasteiger partial charge is 0.573 e. The van der Waals surface area contributed by atoms with Crippen molar-refractivity contribution in [3.05, 3.63) is 42.6 Å². The summed E-state index contributed by atoms with van der Waals surface area (Å²) in [6, 6.07) is 8.19. The molecule has 0 saturated heterocycles. The third-order valence-electron chi connectivity index (χ3n) is 3.35. The molecule has 0 spiro atoms. The molecule has 3 aromatic rings. The van der Waals surface area contributed by atoms with Crippen LogP contribution in [0.1, 0.15) is 6.92 Å². The first-order chi connectivity index (χ1) is 12.8. The lowest BCUT2D eigenvalue weighted by molar-refractivity contribution is -0.274. The fourth-order valence-corrected chi connectivity index (χ4v) is 2.28. The molecule has 2 amide bonds. The Hall–Kier alpha value is -3.43. The quantitative estimate of drug-likeness (QED) is 0.723. The zero-order valence-corrected chi connectivity index (χ0v) is 14.0. The second-order valence-corrected chi connectivity index (χ2v) is 5.35. The van der Waals surface area contributed by atoms with Crippen molar-refractivity contribution in [2.75, 3.05) is 11.9 Å². The molecule has 1 aromatic carbocycles. The van der Waals surface area contributed by atoms with Crippen LogP contribution in [0.15, 0.2) is 42.6 Å². The van der Waals surface area contributed by atoms with Crippen LogP contribution >= 0.6 is 0 Å². The number of nitrogens with one attached hydrogen (secondary N) is 2. The molecular weight excluding hydrogens is 363 g/mol. The Morgan fingerprint density at radius 3 is 2.74 bits per heavy atom. The summed E-state index contributed by atoms with van der Waals surface area (Å²) in [6.45, 7) is 2.24. The Morgan fingerprint density at radius 1 is 1.19 bits per heavy atom. The smallest absolute Gasteiger partial charge is 0.406 e. The third-order valence-corrected chi connectivity index (χ3v) is 3.35. The molecule has 10 heteroatoms. The molecule has 0 aliphatic carbocycles. The van der Waals surface area contributed by atoms with Crippen molar-refractivity contribution in [1.82, 2.24) is 20.3 Å². The van der Waals surface area contributed by atoms with Crippen LogP contribution in [0, 0.1) is 0 Å². The molecule has 2 aromatic heterocycles. The van der Waals surface area contributed by atoms with Gasteiger partial charge < -0.3 is 10.1 Å². The Balaban J connectivity index is 1.91. The molecule has 0 aliphatic rings. The van der Waals surface area contributed by atoms with E-state index in [1.165, 1.54) is 24.4 Å². The van der Waals surface area contributed by atoms with E-state index in [9.17, 15) is 18.0 Å². The highest BCUT2D eigenvalue weighted by molar-refractivity contribution is 5.89. The van der Waals surface area contributed by atoms with Gasteiger partial charge in [0, 0.05) is 12.1 Å². The number of carbonyl (C=O) groups excluding carboxylic acids is 1. The number of rotatable bonds is 4. The number of anilines is 1. The second kappa shape index (κ2) is 7.44. The van der Waals surface area contributed by atoms with Crippen LogP contribution in [-0.2, 0) is 0 Å². The monoisotopic (exact) mass is 377 g/mol. The molecule has 0 bridgehead atoms. The van der Waals surface area contributed by atoms with E-state index in [4.69, 9.17) is 0 Å². The number of amides is 2. The Morgan fingerprint density at radius 2 is 2.00 bits per heavy atom. The highest BCUT2D eigenvalue weighted by atomic mass is 19.4. The topological polar surface area (TPSA) is 89.0 Å². The van der Waals surface area contributed by atoms with Crippen LogP contribution in [0.3, 0.4) is 0 Å². The van der Waals surface area contributed by atoms with E-state index < -0.39 is 12.4 Å². The predicted molar refractivity (Wildman–Crippen MR) is 92.1 cm³/mol. The van der Waals surface area contributed by atoms with Crippen LogP contribution in [0.25, 0.3) is 22.4 Å². The number of alkyl halides is 3. The number of aromatic nitrogens is 3. The summed E-state index contributed by atoms with van der Waals surface area (Å²) in [7, 11) is 0. The molecule has 0 atom stereocenters. The van der Waals surface area contributed by atoms with Crippen LogP contribution in [0.2, 0.25) is 0 Å². The average Bonchev–Trinajstić information content (AvgIpc) is 2.60. The van der Waals surface area contributed by atoms with E-state index in [1.54, 1.807) is 25.1 Å². The molecule has 7 nitrogen and oxygen atoms in total. The van der Waals surface area contributed by atoms with Crippen molar-refractivity contribution in [3.63, 3.8) is 0 Å². The highest BCUT2D eigenvalue weighted by Gasteiger charge is 2.31. The van der Waals surface area contributed by atoms with E-state index in [0.29, 0.717) is 23.3 Å². The van der Waals surface area contributed by atoms with E-state index in [-0.39, 0.29) is 17.2 Å². The molecule has 0 aliphatic heterocycles. The van der Waals surface area contributed by atoms with Crippen molar-refractivity contribution in [2.24, 2.45) is 0 Å². The normalized spacial score (nSPS) is 11.3. The van der Waals surface area contributed by atoms with Crippen molar-refractivity contribution in [3.8, 4) is 17.0 Å². The first-order valence-corrected chi connectivity index (χ1v) is 7.89. The van der Waals surface area contributed by atoms with E-state index in [0.717, 1.165) is 0 Å².